The van der Waals surface area contributed by atoms with Gasteiger partial charge in [-0.15, -0.1) is 0 Å². The quantitative estimate of drug-likeness (QED) is 0.664. The van der Waals surface area contributed by atoms with Crippen molar-refractivity contribution in [2.75, 3.05) is 32.8 Å². The Kier molecular flexibility index (Phi) is 4.93. The van der Waals surface area contributed by atoms with Gasteiger partial charge < -0.3 is 25.7 Å². The monoisotopic (exact) mass is 334 g/mol. The minimum Gasteiger partial charge on any atom is -0.496 e. The van der Waals surface area contributed by atoms with Gasteiger partial charge in [0.15, 0.2) is 0 Å². The number of benzene rings is 1. The van der Waals surface area contributed by atoms with E-state index in [1.807, 2.05) is 0 Å². The number of nitrogens with two attached hydrogens (primary N) is 2. The van der Waals surface area contributed by atoms with Crippen LogP contribution in [0.5, 0.6) is 11.5 Å². The number of nitrogens with zero attached hydrogens (tertiary/aromatic N) is 1. The molecule has 0 bridgehead atoms. The summed E-state index contributed by atoms with van der Waals surface area (Å²) < 4.78 is 15.3. The van der Waals surface area contributed by atoms with Gasteiger partial charge in [0.05, 0.1) is 32.5 Å². The molecule has 2 aromatic rings. The molecule has 0 saturated carbocycles. The molecule has 0 saturated heterocycles. The SMILES string of the molecule is COC(=O)c1cc(OC)c(Cc2c(N)nc(N)[nH]c2=O)c(OC)c1. The molecular weight excluding hydrogens is 316 g/mol. The standard InChI is InChI=1S/C15H18N4O5/c1-22-10-4-7(14(21)24-3)5-11(23-2)8(10)6-9-12(16)18-15(17)19-13(9)20/h4-5H,6H2,1-3H3,(H5,16,17,18,19,20). The van der Waals surface area contributed by atoms with Crippen LogP contribution in [0.4, 0.5) is 11.8 Å². The lowest BCUT2D eigenvalue weighted by Gasteiger charge is -2.15. The molecule has 24 heavy (non-hydrogen) atoms. The molecule has 128 valence electrons. The molecule has 1 aromatic carbocycles. The fraction of sp³-hybridized carbons (Fsp3) is 0.267. The Morgan fingerprint density at radius 1 is 1.12 bits per heavy atom. The van der Waals surface area contributed by atoms with Gasteiger partial charge in [0, 0.05) is 12.0 Å². The van der Waals surface area contributed by atoms with E-state index in [0.29, 0.717) is 17.1 Å². The van der Waals surface area contributed by atoms with E-state index in [9.17, 15) is 9.59 Å². The van der Waals surface area contributed by atoms with Gasteiger partial charge in [0.25, 0.3) is 5.56 Å². The number of rotatable bonds is 5. The van der Waals surface area contributed by atoms with Crippen LogP contribution in [-0.2, 0) is 11.2 Å². The molecule has 0 aliphatic rings. The van der Waals surface area contributed by atoms with E-state index < -0.39 is 11.5 Å². The van der Waals surface area contributed by atoms with Crippen molar-refractivity contribution in [2.45, 2.75) is 6.42 Å². The minimum atomic E-state index is -0.537. The van der Waals surface area contributed by atoms with Crippen molar-refractivity contribution < 1.29 is 19.0 Å². The van der Waals surface area contributed by atoms with Gasteiger partial charge in [0.2, 0.25) is 5.95 Å². The smallest absolute Gasteiger partial charge is 0.338 e. The highest BCUT2D eigenvalue weighted by Gasteiger charge is 2.19. The summed E-state index contributed by atoms with van der Waals surface area (Å²) in [4.78, 5) is 30.0. The predicted octanol–water partition coefficient (Wildman–Crippen LogP) is 0.329. The number of carbonyl (C=O) groups excluding carboxylic acids is 1. The lowest BCUT2D eigenvalue weighted by Crippen LogP contribution is -2.20. The summed E-state index contributed by atoms with van der Waals surface area (Å²) in [5.41, 5.74) is 11.8. The van der Waals surface area contributed by atoms with Gasteiger partial charge in [-0.1, -0.05) is 0 Å². The van der Waals surface area contributed by atoms with Crippen LogP contribution in [0.15, 0.2) is 16.9 Å². The van der Waals surface area contributed by atoms with Gasteiger partial charge in [-0.3, -0.25) is 9.78 Å². The van der Waals surface area contributed by atoms with Crippen LogP contribution in [0.25, 0.3) is 0 Å². The van der Waals surface area contributed by atoms with E-state index >= 15 is 0 Å². The maximum absolute atomic E-state index is 12.1. The first-order valence-corrected chi connectivity index (χ1v) is 6.88. The van der Waals surface area contributed by atoms with E-state index in [0.717, 1.165) is 0 Å². The summed E-state index contributed by atoms with van der Waals surface area (Å²) in [5.74, 6) is 0.110. The van der Waals surface area contributed by atoms with Crippen LogP contribution < -0.4 is 26.5 Å². The van der Waals surface area contributed by atoms with Gasteiger partial charge >= 0.3 is 5.97 Å². The average molecular weight is 334 g/mol. The zero-order valence-electron chi connectivity index (χ0n) is 13.5. The molecule has 1 heterocycles. The van der Waals surface area contributed by atoms with Gasteiger partial charge in [-0.25, -0.2) is 4.79 Å². The second-order valence-corrected chi connectivity index (χ2v) is 4.84. The Balaban J connectivity index is 2.58. The number of nitrogens with one attached hydrogen (secondary N) is 1. The van der Waals surface area contributed by atoms with Crippen LogP contribution >= 0.6 is 0 Å². The number of methoxy groups -OCH3 is 3. The van der Waals surface area contributed by atoms with E-state index in [1.54, 1.807) is 0 Å². The minimum absolute atomic E-state index is 0.0115. The molecule has 9 nitrogen and oxygen atoms in total. The van der Waals surface area contributed by atoms with Crippen molar-refractivity contribution in [1.82, 2.24) is 9.97 Å². The number of carbonyl (C=O) groups is 1. The molecular formula is C15H18N4O5. The number of nitrogen functional groups attached to an aromatic ring is 2. The molecule has 0 fully saturated rings. The highest BCUT2D eigenvalue weighted by atomic mass is 16.5. The second-order valence-electron chi connectivity index (χ2n) is 4.84. The third kappa shape index (κ3) is 3.24. The number of esters is 1. The van der Waals surface area contributed by atoms with Gasteiger partial charge in [-0.05, 0) is 12.1 Å². The Morgan fingerprint density at radius 3 is 2.17 bits per heavy atom. The van der Waals surface area contributed by atoms with Crippen molar-refractivity contribution in [1.29, 1.82) is 0 Å². The Hall–Kier alpha value is -3.23. The van der Waals surface area contributed by atoms with Gasteiger partial charge in [-0.2, -0.15) is 4.98 Å². The number of hydrogen-bond donors (Lipinski definition) is 3. The van der Waals surface area contributed by atoms with Crippen molar-refractivity contribution in [2.24, 2.45) is 0 Å². The second kappa shape index (κ2) is 6.90. The van der Waals surface area contributed by atoms with Crippen LogP contribution in [0.1, 0.15) is 21.5 Å². The summed E-state index contributed by atoms with van der Waals surface area (Å²) in [5, 5.41) is 0. The van der Waals surface area contributed by atoms with E-state index in [4.69, 9.17) is 25.7 Å². The molecule has 0 unspecified atom stereocenters. The molecule has 0 radical (unpaired) electrons. The van der Waals surface area contributed by atoms with Crippen molar-refractivity contribution in [3.05, 3.63) is 39.2 Å². The summed E-state index contributed by atoms with van der Waals surface area (Å²) in [6.45, 7) is 0. The Bertz CT molecular complexity index is 806. The van der Waals surface area contributed by atoms with Crippen molar-refractivity contribution >= 4 is 17.7 Å². The highest BCUT2D eigenvalue weighted by Crippen LogP contribution is 2.33. The third-order valence-corrected chi connectivity index (χ3v) is 3.45. The topological polar surface area (TPSA) is 143 Å². The molecule has 5 N–H and O–H groups in total. The zero-order valence-corrected chi connectivity index (χ0v) is 13.5. The van der Waals surface area contributed by atoms with Crippen LogP contribution in [-0.4, -0.2) is 37.3 Å². The molecule has 0 aliphatic carbocycles. The molecule has 0 spiro atoms. The number of hydrogen-bond acceptors (Lipinski definition) is 8. The van der Waals surface area contributed by atoms with E-state index in [-0.39, 0.29) is 29.3 Å². The lowest BCUT2D eigenvalue weighted by atomic mass is 10.0. The first kappa shape index (κ1) is 17.1. The molecule has 0 aliphatic heterocycles. The fourth-order valence-corrected chi connectivity index (χ4v) is 2.27. The maximum Gasteiger partial charge on any atom is 0.338 e. The number of anilines is 2. The highest BCUT2D eigenvalue weighted by molar-refractivity contribution is 5.90. The maximum atomic E-state index is 12.1. The van der Waals surface area contributed by atoms with Crippen molar-refractivity contribution in [3.63, 3.8) is 0 Å². The fourth-order valence-electron chi connectivity index (χ4n) is 2.27. The number of aromatic amines is 1. The Labute approximate surface area is 137 Å². The average Bonchev–Trinajstić information content (AvgIpc) is 2.56. The molecule has 0 amide bonds. The number of ether oxygens (including phenoxy) is 3. The largest absolute Gasteiger partial charge is 0.496 e. The zero-order chi connectivity index (χ0) is 17.9. The molecule has 9 heteroatoms. The summed E-state index contributed by atoms with van der Waals surface area (Å²) >= 11 is 0. The first-order valence-electron chi connectivity index (χ1n) is 6.88. The van der Waals surface area contributed by atoms with Crippen molar-refractivity contribution in [3.8, 4) is 11.5 Å². The Morgan fingerprint density at radius 2 is 1.71 bits per heavy atom. The van der Waals surface area contributed by atoms with E-state index in [1.165, 1.54) is 33.5 Å². The van der Waals surface area contributed by atoms with E-state index in [2.05, 4.69) is 9.97 Å². The predicted molar refractivity (Wildman–Crippen MR) is 87.4 cm³/mol. The molecule has 2 rings (SSSR count). The molecule has 0 atom stereocenters. The number of H-pyrrole nitrogens is 1. The summed E-state index contributed by atoms with van der Waals surface area (Å²) in [7, 11) is 4.15. The van der Waals surface area contributed by atoms with Gasteiger partial charge in [0.1, 0.15) is 17.3 Å². The lowest BCUT2D eigenvalue weighted by molar-refractivity contribution is 0.0600. The summed E-state index contributed by atoms with van der Waals surface area (Å²) in [6.07, 6.45) is 0.0856. The summed E-state index contributed by atoms with van der Waals surface area (Å²) in [6, 6.07) is 3.00. The first-order chi connectivity index (χ1) is 11.4. The normalized spacial score (nSPS) is 10.3. The third-order valence-electron chi connectivity index (χ3n) is 3.45. The molecule has 1 aromatic heterocycles. The van der Waals surface area contributed by atoms with Crippen LogP contribution in [0.2, 0.25) is 0 Å². The number of aromatic nitrogens is 2. The van der Waals surface area contributed by atoms with Crippen LogP contribution in [0.3, 0.4) is 0 Å². The van der Waals surface area contributed by atoms with Crippen LogP contribution in [0, 0.1) is 0 Å².